The molecule has 2 fully saturated rings. The van der Waals surface area contributed by atoms with E-state index >= 15 is 0 Å². The topological polar surface area (TPSA) is 277 Å². The number of aliphatic hydroxyl groups excluding tert-OH is 11. The Bertz CT molecular complexity index is 623. The second-order valence-corrected chi connectivity index (χ2v) is 8.01. The molecular formula is C18H32O16. The van der Waals surface area contributed by atoms with Gasteiger partial charge in [0.2, 0.25) is 0 Å². The molecule has 2 aliphatic heterocycles. The minimum absolute atomic E-state index is 0.0574. The molecule has 0 aromatic carbocycles. The summed E-state index contributed by atoms with van der Waals surface area (Å²) in [6, 6.07) is 0. The first-order valence-corrected chi connectivity index (χ1v) is 10.4. The van der Waals surface area contributed by atoms with Gasteiger partial charge in [0.15, 0.2) is 18.9 Å². The lowest BCUT2D eigenvalue weighted by molar-refractivity contribution is -0.342. The molecule has 0 unspecified atom stereocenters. The van der Waals surface area contributed by atoms with Crippen LogP contribution in [0.1, 0.15) is 0 Å². The van der Waals surface area contributed by atoms with Gasteiger partial charge in [-0.15, -0.1) is 0 Å². The third kappa shape index (κ3) is 6.44. The maximum atomic E-state index is 11.0. The van der Waals surface area contributed by atoms with Crippen LogP contribution in [0.2, 0.25) is 0 Å². The monoisotopic (exact) mass is 504 g/mol. The molecule has 16 nitrogen and oxygen atoms in total. The Labute approximate surface area is 192 Å². The SMILES string of the molecule is O=C[C@H](O)[C@@H](O[C@@H]1O[C@H](CO[C@@H]2O[C@H](CO)[C@@H](O)[C@H](O)[C@H]2O)[C@@H](O)[C@H](O)[C@H]1O)[C@H](O)[C@H](O)CO. The van der Waals surface area contributed by atoms with E-state index in [1.807, 2.05) is 0 Å². The summed E-state index contributed by atoms with van der Waals surface area (Å²) in [6.45, 7) is -2.37. The van der Waals surface area contributed by atoms with E-state index in [2.05, 4.69) is 0 Å². The molecule has 16 heteroatoms. The largest absolute Gasteiger partial charge is 0.394 e. The molecule has 2 heterocycles. The maximum absolute atomic E-state index is 11.0. The van der Waals surface area contributed by atoms with Crippen molar-refractivity contribution < 1.29 is 79.9 Å². The van der Waals surface area contributed by atoms with Gasteiger partial charge >= 0.3 is 0 Å². The normalized spacial score (nSPS) is 42.6. The molecule has 14 atom stereocenters. The smallest absolute Gasteiger partial charge is 0.187 e. The third-order valence-corrected chi connectivity index (χ3v) is 5.63. The Morgan fingerprint density at radius 3 is 1.82 bits per heavy atom. The lowest BCUT2D eigenvalue weighted by Crippen LogP contribution is -2.63. The van der Waals surface area contributed by atoms with Gasteiger partial charge < -0.3 is 79.9 Å². The Morgan fingerprint density at radius 2 is 1.29 bits per heavy atom. The van der Waals surface area contributed by atoms with E-state index in [0.717, 1.165) is 0 Å². The van der Waals surface area contributed by atoms with E-state index in [-0.39, 0.29) is 6.29 Å². The van der Waals surface area contributed by atoms with Crippen molar-refractivity contribution in [3.63, 3.8) is 0 Å². The van der Waals surface area contributed by atoms with E-state index in [9.17, 15) is 55.9 Å². The van der Waals surface area contributed by atoms with Crippen molar-refractivity contribution in [2.24, 2.45) is 0 Å². The molecule has 0 aromatic rings. The first-order valence-electron chi connectivity index (χ1n) is 10.4. The van der Waals surface area contributed by atoms with Gasteiger partial charge in [-0.25, -0.2) is 0 Å². The molecule has 2 rings (SSSR count). The Hall–Kier alpha value is -0.930. The number of aliphatic hydroxyl groups is 11. The summed E-state index contributed by atoms with van der Waals surface area (Å²) >= 11 is 0. The van der Waals surface area contributed by atoms with Crippen molar-refractivity contribution in [3.8, 4) is 0 Å². The highest BCUT2D eigenvalue weighted by molar-refractivity contribution is 5.56. The first kappa shape index (κ1) is 29.3. The van der Waals surface area contributed by atoms with Gasteiger partial charge in [-0.1, -0.05) is 0 Å². The average molecular weight is 504 g/mol. The number of carbonyl (C=O) groups is 1. The minimum Gasteiger partial charge on any atom is -0.394 e. The summed E-state index contributed by atoms with van der Waals surface area (Å²) < 4.78 is 20.9. The molecule has 2 saturated heterocycles. The minimum atomic E-state index is -2.06. The second-order valence-electron chi connectivity index (χ2n) is 8.01. The van der Waals surface area contributed by atoms with Crippen LogP contribution in [0.5, 0.6) is 0 Å². The van der Waals surface area contributed by atoms with Gasteiger partial charge in [0, 0.05) is 0 Å². The van der Waals surface area contributed by atoms with Gasteiger partial charge in [0.05, 0.1) is 19.8 Å². The average Bonchev–Trinajstić information content (AvgIpc) is 2.84. The van der Waals surface area contributed by atoms with E-state index in [4.69, 9.17) is 24.1 Å². The van der Waals surface area contributed by atoms with Crippen LogP contribution >= 0.6 is 0 Å². The predicted octanol–water partition coefficient (Wildman–Crippen LogP) is -7.73. The summed E-state index contributed by atoms with van der Waals surface area (Å²) in [7, 11) is 0. The molecular weight excluding hydrogens is 472 g/mol. The standard InChI is InChI=1S/C18H32O16/c19-1-5(22)9(24)16(6(23)2-20)34-18-15(30)13(28)11(26)8(33-18)4-31-17-14(29)12(27)10(25)7(3-21)32-17/h2,5-19,21-30H,1,3-4H2/t5-,6+,7-,8-,9-,10-,11-,12+,13+,14-,15-,16-,17-,18+/m1/s1. The van der Waals surface area contributed by atoms with Crippen LogP contribution in [0, 0.1) is 0 Å². The summed E-state index contributed by atoms with van der Waals surface area (Å²) in [6.07, 6.45) is -25.1. The highest BCUT2D eigenvalue weighted by Gasteiger charge is 2.49. The molecule has 0 aliphatic carbocycles. The summed E-state index contributed by atoms with van der Waals surface area (Å²) in [5, 5.41) is 108. The van der Waals surface area contributed by atoms with Crippen molar-refractivity contribution in [3.05, 3.63) is 0 Å². The fourth-order valence-electron chi connectivity index (χ4n) is 3.48. The van der Waals surface area contributed by atoms with E-state index in [0.29, 0.717) is 0 Å². The van der Waals surface area contributed by atoms with Crippen LogP contribution in [0.3, 0.4) is 0 Å². The highest BCUT2D eigenvalue weighted by atomic mass is 16.7. The van der Waals surface area contributed by atoms with E-state index in [1.165, 1.54) is 0 Å². The zero-order valence-corrected chi connectivity index (χ0v) is 17.7. The molecule has 34 heavy (non-hydrogen) atoms. The molecule has 2 aliphatic rings. The highest BCUT2D eigenvalue weighted by Crippen LogP contribution is 2.27. The second kappa shape index (κ2) is 12.9. The van der Waals surface area contributed by atoms with Gasteiger partial charge in [-0.3, -0.25) is 0 Å². The fraction of sp³-hybridized carbons (Fsp3) is 0.944. The fourth-order valence-corrected chi connectivity index (χ4v) is 3.48. The molecule has 11 N–H and O–H groups in total. The molecule has 0 bridgehead atoms. The first-order chi connectivity index (χ1) is 16.0. The number of ether oxygens (including phenoxy) is 4. The summed E-state index contributed by atoms with van der Waals surface area (Å²) in [5.41, 5.74) is 0. The summed E-state index contributed by atoms with van der Waals surface area (Å²) in [4.78, 5) is 11.0. The van der Waals surface area contributed by atoms with Crippen LogP contribution in [-0.2, 0) is 23.7 Å². The molecule has 0 radical (unpaired) electrons. The zero-order chi connectivity index (χ0) is 25.7. The molecule has 0 amide bonds. The van der Waals surface area contributed by atoms with Gasteiger partial charge in [-0.05, 0) is 0 Å². The summed E-state index contributed by atoms with van der Waals surface area (Å²) in [5.74, 6) is 0. The Morgan fingerprint density at radius 1 is 0.765 bits per heavy atom. The molecule has 0 saturated carbocycles. The number of hydrogen-bond donors (Lipinski definition) is 11. The van der Waals surface area contributed by atoms with Crippen molar-refractivity contribution in [2.75, 3.05) is 19.8 Å². The Balaban J connectivity index is 2.10. The van der Waals surface area contributed by atoms with Crippen LogP contribution in [-0.4, -0.2) is 168 Å². The van der Waals surface area contributed by atoms with Gasteiger partial charge in [0.1, 0.15) is 73.2 Å². The number of aldehydes is 1. The predicted molar refractivity (Wildman–Crippen MR) is 102 cm³/mol. The van der Waals surface area contributed by atoms with Crippen LogP contribution in [0.15, 0.2) is 0 Å². The number of hydrogen-bond acceptors (Lipinski definition) is 16. The van der Waals surface area contributed by atoms with Crippen molar-refractivity contribution in [2.45, 2.75) is 85.8 Å². The van der Waals surface area contributed by atoms with Crippen molar-refractivity contribution in [1.82, 2.24) is 0 Å². The molecule has 200 valence electrons. The van der Waals surface area contributed by atoms with Crippen LogP contribution in [0.4, 0.5) is 0 Å². The van der Waals surface area contributed by atoms with Gasteiger partial charge in [0.25, 0.3) is 0 Å². The molecule has 0 aromatic heterocycles. The van der Waals surface area contributed by atoms with Crippen LogP contribution in [0.25, 0.3) is 0 Å². The Kier molecular flexibility index (Phi) is 11.1. The molecule has 0 spiro atoms. The zero-order valence-electron chi connectivity index (χ0n) is 17.7. The van der Waals surface area contributed by atoms with Crippen LogP contribution < -0.4 is 0 Å². The van der Waals surface area contributed by atoms with Crippen molar-refractivity contribution in [1.29, 1.82) is 0 Å². The number of carbonyl (C=O) groups excluding carboxylic acids is 1. The lowest BCUT2D eigenvalue weighted by atomic mass is 9.98. The quantitative estimate of drug-likeness (QED) is 0.117. The van der Waals surface area contributed by atoms with Gasteiger partial charge in [-0.2, -0.15) is 0 Å². The third-order valence-electron chi connectivity index (χ3n) is 5.63. The number of rotatable bonds is 11. The van der Waals surface area contributed by atoms with E-state index in [1.54, 1.807) is 0 Å². The lowest BCUT2D eigenvalue weighted by Gasteiger charge is -2.43. The van der Waals surface area contributed by atoms with Crippen molar-refractivity contribution >= 4 is 6.29 Å². The van der Waals surface area contributed by atoms with E-state index < -0.39 is 106 Å². The maximum Gasteiger partial charge on any atom is 0.187 e.